The molecule has 0 radical (unpaired) electrons. The normalized spacial score (nSPS) is 19.3. The number of allylic oxidation sites excluding steroid dienone is 2. The maximum atomic E-state index is 12.6. The Hall–Kier alpha value is -1.43. The fraction of sp³-hybridized carbons (Fsp3) is 0.600. The molecule has 0 fully saturated rings. The van der Waals surface area contributed by atoms with Crippen molar-refractivity contribution in [1.82, 2.24) is 14.9 Å². The van der Waals surface area contributed by atoms with Gasteiger partial charge in [-0.05, 0) is 31.4 Å². The van der Waals surface area contributed by atoms with E-state index in [4.69, 9.17) is 0 Å². The van der Waals surface area contributed by atoms with Crippen molar-refractivity contribution < 1.29 is 0 Å². The Morgan fingerprint density at radius 1 is 1.38 bits per heavy atom. The van der Waals surface area contributed by atoms with E-state index < -0.39 is 0 Å². The van der Waals surface area contributed by atoms with Crippen LogP contribution >= 0.6 is 11.8 Å². The van der Waals surface area contributed by atoms with Crippen LogP contribution in [0.2, 0.25) is 0 Å². The van der Waals surface area contributed by atoms with Crippen LogP contribution in [0.25, 0.3) is 0 Å². The average Bonchev–Trinajstić information content (AvgIpc) is 2.45. The Morgan fingerprint density at radius 3 is 2.71 bits per heavy atom. The van der Waals surface area contributed by atoms with Gasteiger partial charge in [0.15, 0.2) is 0 Å². The van der Waals surface area contributed by atoms with Gasteiger partial charge in [-0.3, -0.25) is 4.79 Å². The van der Waals surface area contributed by atoms with E-state index in [0.717, 1.165) is 19.3 Å². The molecule has 0 bridgehead atoms. The van der Waals surface area contributed by atoms with E-state index >= 15 is 0 Å². The number of hydrogen-bond donors (Lipinski definition) is 0. The van der Waals surface area contributed by atoms with Crippen LogP contribution in [0.15, 0.2) is 27.2 Å². The van der Waals surface area contributed by atoms with Gasteiger partial charge in [-0.25, -0.2) is 0 Å². The van der Waals surface area contributed by atoms with Crippen LogP contribution in [-0.4, -0.2) is 27.3 Å². The summed E-state index contributed by atoms with van der Waals surface area (Å²) in [7, 11) is 0. The summed E-state index contributed by atoms with van der Waals surface area (Å²) in [6.45, 7) is 5.87. The topological polar surface area (TPSA) is 60.1 Å². The molecule has 0 N–H and O–H groups in total. The predicted octanol–water partition coefficient (Wildman–Crippen LogP) is 2.85. The molecular weight excluding hydrogens is 284 g/mol. The van der Waals surface area contributed by atoms with Crippen molar-refractivity contribution in [2.75, 3.05) is 6.26 Å². The highest BCUT2D eigenvalue weighted by Crippen LogP contribution is 2.18. The zero-order valence-corrected chi connectivity index (χ0v) is 13.9. The smallest absolute Gasteiger partial charge is 0.265 e. The molecule has 2 rings (SSSR count). The SMILES string of the molecule is CSc1nnc(C(C)(C)C)c(=O)n1N=CC1CC=CCC1. The minimum Gasteiger partial charge on any atom is -0.265 e. The lowest BCUT2D eigenvalue weighted by Crippen LogP contribution is -2.32. The fourth-order valence-corrected chi connectivity index (χ4v) is 2.60. The van der Waals surface area contributed by atoms with Gasteiger partial charge in [0, 0.05) is 11.6 Å². The molecule has 1 aliphatic rings. The first kappa shape index (κ1) is 15.9. The highest BCUT2D eigenvalue weighted by molar-refractivity contribution is 7.98. The highest BCUT2D eigenvalue weighted by Gasteiger charge is 2.23. The van der Waals surface area contributed by atoms with Crippen molar-refractivity contribution in [2.24, 2.45) is 11.0 Å². The lowest BCUT2D eigenvalue weighted by Gasteiger charge is -2.17. The molecule has 0 aromatic carbocycles. The van der Waals surface area contributed by atoms with Gasteiger partial charge in [0.25, 0.3) is 5.56 Å². The second-order valence-electron chi connectivity index (χ2n) is 6.21. The largest absolute Gasteiger partial charge is 0.297 e. The summed E-state index contributed by atoms with van der Waals surface area (Å²) >= 11 is 1.38. The van der Waals surface area contributed by atoms with E-state index in [1.807, 2.05) is 33.2 Å². The molecule has 5 nitrogen and oxygen atoms in total. The minimum absolute atomic E-state index is 0.176. The van der Waals surface area contributed by atoms with E-state index in [-0.39, 0.29) is 11.0 Å². The predicted molar refractivity (Wildman–Crippen MR) is 87.1 cm³/mol. The molecule has 0 amide bonds. The van der Waals surface area contributed by atoms with Crippen molar-refractivity contribution >= 4 is 18.0 Å². The van der Waals surface area contributed by atoms with Crippen molar-refractivity contribution in [1.29, 1.82) is 0 Å². The Labute approximate surface area is 129 Å². The third-order valence-electron chi connectivity index (χ3n) is 3.41. The summed E-state index contributed by atoms with van der Waals surface area (Å²) in [5, 5.41) is 13.1. The summed E-state index contributed by atoms with van der Waals surface area (Å²) in [6, 6.07) is 0. The number of hydrogen-bond acceptors (Lipinski definition) is 5. The molecule has 0 spiro atoms. The van der Waals surface area contributed by atoms with E-state index in [1.165, 1.54) is 16.4 Å². The zero-order valence-electron chi connectivity index (χ0n) is 13.0. The van der Waals surface area contributed by atoms with E-state index in [0.29, 0.717) is 16.8 Å². The fourth-order valence-electron chi connectivity index (χ4n) is 2.18. The Kier molecular flexibility index (Phi) is 4.98. The third-order valence-corrected chi connectivity index (χ3v) is 4.03. The van der Waals surface area contributed by atoms with Crippen molar-refractivity contribution in [2.45, 2.75) is 50.6 Å². The number of aromatic nitrogens is 3. The Balaban J connectivity index is 2.38. The maximum absolute atomic E-state index is 12.6. The summed E-state index contributed by atoms with van der Waals surface area (Å²) in [6.07, 6.45) is 11.2. The molecule has 1 atom stereocenters. The first-order valence-corrected chi connectivity index (χ1v) is 8.39. The van der Waals surface area contributed by atoms with Crippen LogP contribution in [0.1, 0.15) is 45.7 Å². The molecule has 1 heterocycles. The molecule has 114 valence electrons. The lowest BCUT2D eigenvalue weighted by molar-refractivity contribution is 0.508. The van der Waals surface area contributed by atoms with Gasteiger partial charge in [0.1, 0.15) is 5.69 Å². The molecule has 1 aromatic rings. The van der Waals surface area contributed by atoms with Gasteiger partial charge in [-0.2, -0.15) is 9.78 Å². The van der Waals surface area contributed by atoms with Crippen LogP contribution in [0.5, 0.6) is 0 Å². The molecule has 21 heavy (non-hydrogen) atoms. The number of nitrogens with zero attached hydrogens (tertiary/aromatic N) is 4. The Bertz CT molecular complexity index is 613. The summed E-state index contributed by atoms with van der Waals surface area (Å²) in [5.74, 6) is 0.392. The average molecular weight is 306 g/mol. The van der Waals surface area contributed by atoms with Crippen LogP contribution in [0.4, 0.5) is 0 Å². The van der Waals surface area contributed by atoms with Crippen molar-refractivity contribution in [3.63, 3.8) is 0 Å². The molecule has 1 unspecified atom stereocenters. The molecule has 0 saturated carbocycles. The highest BCUT2D eigenvalue weighted by atomic mass is 32.2. The number of rotatable bonds is 3. The molecule has 1 aromatic heterocycles. The molecule has 0 aliphatic heterocycles. The lowest BCUT2D eigenvalue weighted by atomic mass is 9.93. The molecule has 6 heteroatoms. The van der Waals surface area contributed by atoms with E-state index in [9.17, 15) is 4.79 Å². The second kappa shape index (κ2) is 6.56. The number of thioether (sulfide) groups is 1. The van der Waals surface area contributed by atoms with E-state index in [1.54, 1.807) is 0 Å². The van der Waals surface area contributed by atoms with Crippen LogP contribution in [-0.2, 0) is 5.41 Å². The van der Waals surface area contributed by atoms with Gasteiger partial charge < -0.3 is 0 Å². The monoisotopic (exact) mass is 306 g/mol. The van der Waals surface area contributed by atoms with Gasteiger partial charge in [-0.15, -0.1) is 10.2 Å². The first-order chi connectivity index (χ1) is 9.93. The van der Waals surface area contributed by atoms with Gasteiger partial charge in [0.05, 0.1) is 0 Å². The molecular formula is C15H22N4OS. The van der Waals surface area contributed by atoms with Crippen molar-refractivity contribution in [3.05, 3.63) is 28.2 Å². The zero-order chi connectivity index (χ0) is 15.5. The van der Waals surface area contributed by atoms with Gasteiger partial charge >= 0.3 is 0 Å². The van der Waals surface area contributed by atoms with Crippen molar-refractivity contribution in [3.8, 4) is 0 Å². The van der Waals surface area contributed by atoms with Gasteiger partial charge in [0.2, 0.25) is 5.16 Å². The standard InChI is InChI=1S/C15H22N4OS/c1-15(2,3)12-13(20)19(14(21-4)18-17-12)16-10-11-8-6-5-7-9-11/h5-6,10-11H,7-9H2,1-4H3. The van der Waals surface area contributed by atoms with Gasteiger partial charge in [-0.1, -0.05) is 44.7 Å². The third kappa shape index (κ3) is 3.81. The summed E-state index contributed by atoms with van der Waals surface area (Å²) in [5.41, 5.74) is -0.0725. The second-order valence-corrected chi connectivity index (χ2v) is 6.98. The van der Waals surface area contributed by atoms with Crippen LogP contribution < -0.4 is 5.56 Å². The Morgan fingerprint density at radius 2 is 2.14 bits per heavy atom. The summed E-state index contributed by atoms with van der Waals surface area (Å²) < 4.78 is 1.39. The maximum Gasteiger partial charge on any atom is 0.297 e. The van der Waals surface area contributed by atoms with Crippen LogP contribution in [0.3, 0.4) is 0 Å². The minimum atomic E-state index is -0.341. The van der Waals surface area contributed by atoms with Crippen LogP contribution in [0, 0.1) is 5.92 Å². The quantitative estimate of drug-likeness (QED) is 0.489. The van der Waals surface area contributed by atoms with E-state index in [2.05, 4.69) is 27.5 Å². The summed E-state index contributed by atoms with van der Waals surface area (Å²) in [4.78, 5) is 12.6. The molecule has 1 aliphatic carbocycles. The molecule has 0 saturated heterocycles. The first-order valence-electron chi connectivity index (χ1n) is 7.17.